The average Bonchev–Trinajstić information content (AvgIpc) is 3.11. The van der Waals surface area contributed by atoms with E-state index in [1.807, 2.05) is 6.07 Å². The lowest BCUT2D eigenvalue weighted by Gasteiger charge is -2.29. The van der Waals surface area contributed by atoms with Crippen molar-refractivity contribution in [3.63, 3.8) is 0 Å². The summed E-state index contributed by atoms with van der Waals surface area (Å²) in [5, 5.41) is 0.544. The van der Waals surface area contributed by atoms with E-state index in [0.29, 0.717) is 16.6 Å². The van der Waals surface area contributed by atoms with Gasteiger partial charge >= 0.3 is 6.18 Å². The van der Waals surface area contributed by atoms with E-state index < -0.39 is 11.7 Å². The van der Waals surface area contributed by atoms with Crippen molar-refractivity contribution in [3.8, 4) is 0 Å². The van der Waals surface area contributed by atoms with Crippen LogP contribution in [-0.2, 0) is 6.18 Å². The van der Waals surface area contributed by atoms with Crippen LogP contribution in [0, 0.1) is 0 Å². The first-order valence-electron chi connectivity index (χ1n) is 9.22. The van der Waals surface area contributed by atoms with Crippen LogP contribution in [0.15, 0.2) is 42.5 Å². The van der Waals surface area contributed by atoms with E-state index in [1.165, 1.54) is 12.5 Å². The van der Waals surface area contributed by atoms with Crippen LogP contribution in [-0.4, -0.2) is 23.9 Å². The molecule has 3 aromatic rings. The van der Waals surface area contributed by atoms with Crippen LogP contribution in [0.1, 0.15) is 40.9 Å². The number of carbonyl (C=O) groups is 1. The van der Waals surface area contributed by atoms with Crippen LogP contribution >= 0.6 is 0 Å². The maximum absolute atomic E-state index is 13.0. The third kappa shape index (κ3) is 3.44. The molecule has 2 heterocycles. The zero-order valence-electron chi connectivity index (χ0n) is 15.1. The molecule has 0 amide bonds. The summed E-state index contributed by atoms with van der Waals surface area (Å²) >= 11 is 0. The van der Waals surface area contributed by atoms with Gasteiger partial charge in [-0.2, -0.15) is 13.2 Å². The quantitative estimate of drug-likeness (QED) is 0.492. The van der Waals surface area contributed by atoms with Gasteiger partial charge in [-0.3, -0.25) is 4.79 Å². The van der Waals surface area contributed by atoms with Gasteiger partial charge in [-0.15, -0.1) is 0 Å². The fourth-order valence-corrected chi connectivity index (χ4v) is 3.66. The SMILES string of the molecule is Nc1ccc(N2CCCCC2)cc1C(=O)c1cc2ccc(C(F)(F)F)cc2[nH]1. The monoisotopic (exact) mass is 387 g/mol. The molecule has 1 aromatic heterocycles. The van der Waals surface area contributed by atoms with Crippen LogP contribution in [0.5, 0.6) is 0 Å². The van der Waals surface area contributed by atoms with Crippen molar-refractivity contribution in [2.24, 2.45) is 0 Å². The molecule has 0 unspecified atom stereocenters. The van der Waals surface area contributed by atoms with E-state index in [4.69, 9.17) is 5.73 Å². The maximum atomic E-state index is 13.0. The minimum atomic E-state index is -4.43. The molecule has 4 rings (SSSR count). The highest BCUT2D eigenvalue weighted by Gasteiger charge is 2.30. The van der Waals surface area contributed by atoms with Crippen molar-refractivity contribution in [3.05, 3.63) is 59.3 Å². The summed E-state index contributed by atoms with van der Waals surface area (Å²) in [6.07, 6.45) is -1.02. The molecule has 7 heteroatoms. The Hall–Kier alpha value is -2.96. The lowest BCUT2D eigenvalue weighted by Crippen LogP contribution is -2.29. The number of alkyl halides is 3. The number of nitrogens with two attached hydrogens (primary N) is 1. The van der Waals surface area contributed by atoms with Gasteiger partial charge in [-0.05, 0) is 55.7 Å². The molecule has 0 spiro atoms. The predicted molar refractivity (Wildman–Crippen MR) is 104 cm³/mol. The lowest BCUT2D eigenvalue weighted by atomic mass is 10.0. The van der Waals surface area contributed by atoms with Gasteiger partial charge in [0, 0.05) is 40.9 Å². The Morgan fingerprint density at radius 3 is 2.46 bits per heavy atom. The lowest BCUT2D eigenvalue weighted by molar-refractivity contribution is -0.137. The summed E-state index contributed by atoms with van der Waals surface area (Å²) in [4.78, 5) is 18.0. The number of fused-ring (bicyclic) bond motifs is 1. The third-order valence-corrected chi connectivity index (χ3v) is 5.20. The summed E-state index contributed by atoms with van der Waals surface area (Å²) in [6, 6.07) is 10.3. The number of benzene rings is 2. The van der Waals surface area contributed by atoms with Crippen molar-refractivity contribution in [1.82, 2.24) is 4.98 Å². The number of aromatic nitrogens is 1. The second kappa shape index (κ2) is 6.89. The van der Waals surface area contributed by atoms with Gasteiger partial charge in [0.1, 0.15) is 0 Å². The van der Waals surface area contributed by atoms with Crippen molar-refractivity contribution >= 4 is 28.1 Å². The fourth-order valence-electron chi connectivity index (χ4n) is 3.66. The number of nitrogen functional groups attached to an aromatic ring is 1. The number of nitrogens with zero attached hydrogens (tertiary/aromatic N) is 1. The van der Waals surface area contributed by atoms with E-state index in [2.05, 4.69) is 9.88 Å². The summed E-state index contributed by atoms with van der Waals surface area (Å²) in [7, 11) is 0. The van der Waals surface area contributed by atoms with E-state index in [1.54, 1.807) is 18.2 Å². The number of H-pyrrole nitrogens is 1. The molecular weight excluding hydrogens is 367 g/mol. The molecule has 28 heavy (non-hydrogen) atoms. The highest BCUT2D eigenvalue weighted by atomic mass is 19.4. The van der Waals surface area contributed by atoms with E-state index in [0.717, 1.165) is 43.8 Å². The first kappa shape index (κ1) is 18.4. The summed E-state index contributed by atoms with van der Waals surface area (Å²) in [6.45, 7) is 1.87. The molecule has 1 saturated heterocycles. The molecule has 1 aliphatic heterocycles. The van der Waals surface area contributed by atoms with Crippen LogP contribution in [0.25, 0.3) is 10.9 Å². The molecule has 0 atom stereocenters. The Labute approximate surface area is 160 Å². The minimum absolute atomic E-state index is 0.219. The molecule has 146 valence electrons. The van der Waals surface area contributed by atoms with Crippen molar-refractivity contribution in [2.75, 3.05) is 23.7 Å². The Morgan fingerprint density at radius 2 is 1.75 bits per heavy atom. The van der Waals surface area contributed by atoms with Crippen LogP contribution in [0.2, 0.25) is 0 Å². The number of ketones is 1. The number of nitrogens with one attached hydrogen (secondary N) is 1. The second-order valence-corrected chi connectivity index (χ2v) is 7.13. The molecule has 3 N–H and O–H groups in total. The molecule has 0 saturated carbocycles. The standard InChI is InChI=1S/C21H20F3N3O/c22-21(23,24)14-5-4-13-10-19(26-18(13)11-14)20(28)16-12-15(6-7-17(16)25)27-8-2-1-3-9-27/h4-7,10-12,26H,1-3,8-9,25H2. The molecular formula is C21H20F3N3O. The molecule has 2 aromatic carbocycles. The molecule has 4 nitrogen and oxygen atoms in total. The average molecular weight is 387 g/mol. The fraction of sp³-hybridized carbons (Fsp3) is 0.286. The number of hydrogen-bond acceptors (Lipinski definition) is 3. The second-order valence-electron chi connectivity index (χ2n) is 7.13. The first-order chi connectivity index (χ1) is 13.3. The van der Waals surface area contributed by atoms with Crippen molar-refractivity contribution < 1.29 is 18.0 Å². The zero-order valence-corrected chi connectivity index (χ0v) is 15.1. The molecule has 0 radical (unpaired) electrons. The number of anilines is 2. The Bertz CT molecular complexity index is 1030. The van der Waals surface area contributed by atoms with Gasteiger partial charge in [-0.25, -0.2) is 0 Å². The predicted octanol–water partition coefficient (Wildman–Crippen LogP) is 4.99. The van der Waals surface area contributed by atoms with Crippen LogP contribution in [0.4, 0.5) is 24.5 Å². The summed E-state index contributed by atoms with van der Waals surface area (Å²) in [5.74, 6) is -0.332. The normalized spacial score (nSPS) is 15.2. The zero-order chi connectivity index (χ0) is 19.9. The van der Waals surface area contributed by atoms with Crippen LogP contribution < -0.4 is 10.6 Å². The van der Waals surface area contributed by atoms with E-state index in [9.17, 15) is 18.0 Å². The van der Waals surface area contributed by atoms with E-state index in [-0.39, 0.29) is 17.0 Å². The topological polar surface area (TPSA) is 62.1 Å². The van der Waals surface area contributed by atoms with E-state index >= 15 is 0 Å². The maximum Gasteiger partial charge on any atom is 0.416 e. The first-order valence-corrected chi connectivity index (χ1v) is 9.22. The van der Waals surface area contributed by atoms with Gasteiger partial charge in [0.05, 0.1) is 11.3 Å². The highest BCUT2D eigenvalue weighted by molar-refractivity contribution is 6.13. The number of rotatable bonds is 3. The number of aromatic amines is 1. The van der Waals surface area contributed by atoms with Gasteiger partial charge in [-0.1, -0.05) is 6.07 Å². The Balaban J connectivity index is 1.69. The third-order valence-electron chi connectivity index (χ3n) is 5.20. The minimum Gasteiger partial charge on any atom is -0.398 e. The van der Waals surface area contributed by atoms with Gasteiger partial charge in [0.15, 0.2) is 0 Å². The molecule has 1 aliphatic rings. The van der Waals surface area contributed by atoms with Crippen LogP contribution in [0.3, 0.4) is 0 Å². The summed E-state index contributed by atoms with van der Waals surface area (Å²) < 4.78 is 38.8. The van der Waals surface area contributed by atoms with Gasteiger partial charge < -0.3 is 15.6 Å². The Kier molecular flexibility index (Phi) is 4.53. The number of piperidine rings is 1. The molecule has 1 fully saturated rings. The number of carbonyl (C=O) groups excluding carboxylic acids is 1. The summed E-state index contributed by atoms with van der Waals surface area (Å²) in [5.41, 5.74) is 7.40. The smallest absolute Gasteiger partial charge is 0.398 e. The Morgan fingerprint density at radius 1 is 1.00 bits per heavy atom. The molecule has 0 bridgehead atoms. The number of halogens is 3. The van der Waals surface area contributed by atoms with Gasteiger partial charge in [0.2, 0.25) is 5.78 Å². The highest BCUT2D eigenvalue weighted by Crippen LogP contribution is 2.32. The van der Waals surface area contributed by atoms with Crippen molar-refractivity contribution in [1.29, 1.82) is 0 Å². The molecule has 0 aliphatic carbocycles. The number of hydrogen-bond donors (Lipinski definition) is 2. The largest absolute Gasteiger partial charge is 0.416 e. The van der Waals surface area contributed by atoms with Gasteiger partial charge in [0.25, 0.3) is 0 Å². The van der Waals surface area contributed by atoms with Crippen molar-refractivity contribution in [2.45, 2.75) is 25.4 Å².